The van der Waals surface area contributed by atoms with Crippen LogP contribution in [-0.2, 0) is 0 Å². The summed E-state index contributed by atoms with van der Waals surface area (Å²) in [4.78, 5) is 12.9. The van der Waals surface area contributed by atoms with E-state index >= 15 is 0 Å². The van der Waals surface area contributed by atoms with Crippen LogP contribution in [0, 0.1) is 29.9 Å². The fraction of sp³-hybridized carbons (Fsp3) is 0.350. The molecule has 0 spiro atoms. The number of aryl methyl sites for hydroxylation is 2. The van der Waals surface area contributed by atoms with Gasteiger partial charge >= 0.3 is 0 Å². The molecule has 3 unspecified atom stereocenters. The zero-order valence-electron chi connectivity index (χ0n) is 15.6. The molecule has 2 aromatic rings. The van der Waals surface area contributed by atoms with Crippen LogP contribution >= 0.6 is 12.2 Å². The van der Waals surface area contributed by atoms with Gasteiger partial charge in [-0.05, 0) is 50.2 Å². The lowest BCUT2D eigenvalue weighted by molar-refractivity contribution is -0.385. The van der Waals surface area contributed by atoms with Gasteiger partial charge in [-0.25, -0.2) is 0 Å². The van der Waals surface area contributed by atoms with Crippen molar-refractivity contribution >= 4 is 28.7 Å². The molecular formula is C20H21N3O3S. The number of ether oxygens (including phenoxy) is 1. The standard InChI is InChI=1S/C20H21N3O3S/c1-11-6-5-7-12(2)18(11)22-19(27)21-17-13(3)20(22,4)26-16-9-8-14(23(24)25)10-15(16)17/h5-10,13,17H,1-4H3,(H,21,27). The second-order valence-corrected chi connectivity index (χ2v) is 7.81. The number of hydrogen-bond donors (Lipinski definition) is 1. The third kappa shape index (κ3) is 2.49. The molecule has 0 aliphatic carbocycles. The van der Waals surface area contributed by atoms with Crippen LogP contribution < -0.4 is 15.0 Å². The Morgan fingerprint density at radius 2 is 1.93 bits per heavy atom. The van der Waals surface area contributed by atoms with Gasteiger partial charge in [-0.15, -0.1) is 0 Å². The van der Waals surface area contributed by atoms with Gasteiger partial charge in [0.2, 0.25) is 0 Å². The van der Waals surface area contributed by atoms with Gasteiger partial charge in [0.05, 0.1) is 16.7 Å². The second kappa shape index (κ2) is 5.92. The fourth-order valence-electron chi connectivity index (χ4n) is 4.21. The van der Waals surface area contributed by atoms with Crippen LogP contribution in [0.2, 0.25) is 0 Å². The zero-order chi connectivity index (χ0) is 19.5. The Bertz CT molecular complexity index is 957. The molecule has 1 N–H and O–H groups in total. The summed E-state index contributed by atoms with van der Waals surface area (Å²) in [5, 5.41) is 15.2. The van der Waals surface area contributed by atoms with Crippen molar-refractivity contribution in [2.75, 3.05) is 4.90 Å². The van der Waals surface area contributed by atoms with Crippen molar-refractivity contribution in [3.8, 4) is 5.75 Å². The zero-order valence-corrected chi connectivity index (χ0v) is 16.5. The molecule has 0 aromatic heterocycles. The lowest BCUT2D eigenvalue weighted by Crippen LogP contribution is -2.69. The lowest BCUT2D eigenvalue weighted by atomic mass is 9.80. The van der Waals surface area contributed by atoms with E-state index in [2.05, 4.69) is 43.1 Å². The minimum Gasteiger partial charge on any atom is -0.467 e. The van der Waals surface area contributed by atoms with Crippen molar-refractivity contribution < 1.29 is 9.66 Å². The molecule has 2 aromatic carbocycles. The number of nitrogens with one attached hydrogen (secondary N) is 1. The molecule has 1 fully saturated rings. The maximum absolute atomic E-state index is 11.2. The summed E-state index contributed by atoms with van der Waals surface area (Å²) in [7, 11) is 0. The number of para-hydroxylation sites is 1. The number of non-ortho nitro benzene ring substituents is 1. The van der Waals surface area contributed by atoms with E-state index in [1.807, 2.05) is 13.0 Å². The highest BCUT2D eigenvalue weighted by atomic mass is 32.1. The number of benzene rings is 2. The third-order valence-electron chi connectivity index (χ3n) is 5.79. The number of nitrogens with zero attached hydrogens (tertiary/aromatic N) is 2. The second-order valence-electron chi connectivity index (χ2n) is 7.43. The Kier molecular flexibility index (Phi) is 3.89. The molecule has 2 heterocycles. The SMILES string of the molecule is Cc1cccc(C)c1N1C(=S)NC2c3cc([N+](=O)[O-])ccc3OC1(C)C2C. The predicted molar refractivity (Wildman–Crippen MR) is 108 cm³/mol. The Balaban J connectivity index is 1.88. The van der Waals surface area contributed by atoms with Crippen molar-refractivity contribution in [1.82, 2.24) is 5.32 Å². The van der Waals surface area contributed by atoms with E-state index in [4.69, 9.17) is 17.0 Å². The highest BCUT2D eigenvalue weighted by Crippen LogP contribution is 2.50. The van der Waals surface area contributed by atoms with Crippen LogP contribution in [0.15, 0.2) is 36.4 Å². The predicted octanol–water partition coefficient (Wildman–Crippen LogP) is 4.39. The summed E-state index contributed by atoms with van der Waals surface area (Å²) >= 11 is 5.72. The summed E-state index contributed by atoms with van der Waals surface area (Å²) in [5.41, 5.74) is 3.39. The molecule has 0 amide bonds. The summed E-state index contributed by atoms with van der Waals surface area (Å²) < 4.78 is 6.46. The van der Waals surface area contributed by atoms with Crippen LogP contribution in [0.25, 0.3) is 0 Å². The number of rotatable bonds is 2. The van der Waals surface area contributed by atoms with Gasteiger partial charge in [-0.1, -0.05) is 25.1 Å². The van der Waals surface area contributed by atoms with Gasteiger partial charge in [-0.2, -0.15) is 0 Å². The van der Waals surface area contributed by atoms with E-state index in [0.717, 1.165) is 22.4 Å². The molecule has 2 aliphatic heterocycles. The first-order valence-corrected chi connectivity index (χ1v) is 9.29. The number of thiocarbonyl (C=S) groups is 1. The first-order valence-electron chi connectivity index (χ1n) is 8.88. The van der Waals surface area contributed by atoms with Crippen LogP contribution in [0.1, 0.15) is 36.6 Å². The van der Waals surface area contributed by atoms with E-state index in [1.165, 1.54) is 6.07 Å². The Morgan fingerprint density at radius 1 is 1.26 bits per heavy atom. The smallest absolute Gasteiger partial charge is 0.270 e. The third-order valence-corrected chi connectivity index (χ3v) is 6.09. The summed E-state index contributed by atoms with van der Waals surface area (Å²) in [6, 6.07) is 10.8. The molecule has 27 heavy (non-hydrogen) atoms. The number of anilines is 1. The van der Waals surface area contributed by atoms with Crippen molar-refractivity contribution in [1.29, 1.82) is 0 Å². The van der Waals surface area contributed by atoms with Crippen molar-refractivity contribution in [2.45, 2.75) is 39.5 Å². The van der Waals surface area contributed by atoms with E-state index in [9.17, 15) is 10.1 Å². The Hall–Kier alpha value is -2.67. The maximum atomic E-state index is 11.2. The number of hydrogen-bond acceptors (Lipinski definition) is 4. The average Bonchev–Trinajstić information content (AvgIpc) is 2.60. The largest absolute Gasteiger partial charge is 0.467 e. The lowest BCUT2D eigenvalue weighted by Gasteiger charge is -2.56. The van der Waals surface area contributed by atoms with Crippen molar-refractivity contribution in [2.24, 2.45) is 5.92 Å². The van der Waals surface area contributed by atoms with Crippen molar-refractivity contribution in [3.05, 3.63) is 63.2 Å². The normalized spacial score (nSPS) is 26.1. The minimum absolute atomic E-state index is 0.0118. The van der Waals surface area contributed by atoms with E-state index in [0.29, 0.717) is 10.9 Å². The summed E-state index contributed by atoms with van der Waals surface area (Å²) in [6.07, 6.45) is 0. The van der Waals surface area contributed by atoms with Crippen molar-refractivity contribution in [3.63, 3.8) is 0 Å². The average molecular weight is 383 g/mol. The highest BCUT2D eigenvalue weighted by molar-refractivity contribution is 7.80. The molecule has 1 saturated heterocycles. The van der Waals surface area contributed by atoms with Crippen LogP contribution in [0.5, 0.6) is 5.75 Å². The molecule has 140 valence electrons. The van der Waals surface area contributed by atoms with E-state index < -0.39 is 5.72 Å². The maximum Gasteiger partial charge on any atom is 0.270 e. The number of fused-ring (bicyclic) bond motifs is 4. The topological polar surface area (TPSA) is 67.6 Å². The first-order chi connectivity index (χ1) is 12.7. The molecule has 3 atom stereocenters. The first kappa shape index (κ1) is 17.7. The van der Waals surface area contributed by atoms with Gasteiger partial charge in [0.25, 0.3) is 5.69 Å². The fourth-order valence-corrected chi connectivity index (χ4v) is 4.61. The van der Waals surface area contributed by atoms with Crippen LogP contribution in [0.4, 0.5) is 11.4 Å². The van der Waals surface area contributed by atoms with Gasteiger partial charge in [0.15, 0.2) is 10.8 Å². The van der Waals surface area contributed by atoms with E-state index in [1.54, 1.807) is 12.1 Å². The number of nitro groups is 1. The minimum atomic E-state index is -0.701. The molecule has 4 rings (SSSR count). The van der Waals surface area contributed by atoms with E-state index in [-0.39, 0.29) is 22.6 Å². The molecule has 0 radical (unpaired) electrons. The van der Waals surface area contributed by atoms with Gasteiger partial charge in [0.1, 0.15) is 5.75 Å². The molecule has 6 nitrogen and oxygen atoms in total. The van der Waals surface area contributed by atoms with Gasteiger partial charge < -0.3 is 10.1 Å². The summed E-state index contributed by atoms with van der Waals surface area (Å²) in [6.45, 7) is 8.24. The summed E-state index contributed by atoms with van der Waals surface area (Å²) in [5.74, 6) is 0.662. The monoisotopic (exact) mass is 383 g/mol. The Morgan fingerprint density at radius 3 is 2.56 bits per heavy atom. The number of nitro benzene ring substituents is 1. The van der Waals surface area contributed by atoms with Gasteiger partial charge in [-0.3, -0.25) is 15.0 Å². The highest BCUT2D eigenvalue weighted by Gasteiger charge is 2.54. The van der Waals surface area contributed by atoms with Gasteiger partial charge in [0, 0.05) is 23.6 Å². The molecular weight excluding hydrogens is 362 g/mol. The molecule has 7 heteroatoms. The molecule has 2 aliphatic rings. The molecule has 0 saturated carbocycles. The molecule has 2 bridgehead atoms. The van der Waals surface area contributed by atoms with Crippen LogP contribution in [0.3, 0.4) is 0 Å². The Labute approximate surface area is 163 Å². The van der Waals surface area contributed by atoms with Crippen LogP contribution in [-0.4, -0.2) is 15.8 Å². The quantitative estimate of drug-likeness (QED) is 0.471.